The highest BCUT2D eigenvalue weighted by molar-refractivity contribution is 7.89. The molecule has 0 spiro atoms. The van der Waals surface area contributed by atoms with Crippen LogP contribution in [0.3, 0.4) is 0 Å². The zero-order valence-electron chi connectivity index (χ0n) is 17.5. The third kappa shape index (κ3) is 5.17. The summed E-state index contributed by atoms with van der Waals surface area (Å²) in [6.45, 7) is 4.32. The van der Waals surface area contributed by atoms with Crippen LogP contribution in [0.15, 0.2) is 47.4 Å². The smallest absolute Gasteiger partial charge is 0.337 e. The highest BCUT2D eigenvalue weighted by Gasteiger charge is 2.26. The normalized spacial score (nSPS) is 11.2. The van der Waals surface area contributed by atoms with Crippen LogP contribution in [0, 0.1) is 0 Å². The van der Waals surface area contributed by atoms with Gasteiger partial charge in [-0.3, -0.25) is 4.79 Å². The third-order valence-electron chi connectivity index (χ3n) is 4.58. The Hall–Kier alpha value is -2.91. The van der Waals surface area contributed by atoms with Crippen molar-refractivity contribution in [2.75, 3.05) is 27.3 Å². The molecule has 0 aliphatic heterocycles. The van der Waals surface area contributed by atoms with Gasteiger partial charge in [-0.05, 0) is 35.9 Å². The van der Waals surface area contributed by atoms with Crippen LogP contribution < -0.4 is 10.1 Å². The summed E-state index contributed by atoms with van der Waals surface area (Å²) in [4.78, 5) is 24.0. The van der Waals surface area contributed by atoms with Crippen LogP contribution in [0.4, 0.5) is 0 Å². The predicted molar refractivity (Wildman–Crippen MR) is 112 cm³/mol. The van der Waals surface area contributed by atoms with Crippen molar-refractivity contribution < 1.29 is 27.5 Å². The summed E-state index contributed by atoms with van der Waals surface area (Å²) in [5, 5.41) is 2.75. The molecular formula is C21H26N2O6S. The summed E-state index contributed by atoms with van der Waals surface area (Å²) in [5.41, 5.74) is 1.39. The molecular weight excluding hydrogens is 408 g/mol. The summed E-state index contributed by atoms with van der Waals surface area (Å²) in [7, 11) is -1.11. The Labute approximate surface area is 176 Å². The van der Waals surface area contributed by atoms with Gasteiger partial charge in [-0.15, -0.1) is 0 Å². The van der Waals surface area contributed by atoms with Crippen LogP contribution in [-0.2, 0) is 21.3 Å². The van der Waals surface area contributed by atoms with Gasteiger partial charge in [0.25, 0.3) is 5.91 Å². The van der Waals surface area contributed by atoms with Crippen LogP contribution in [0.2, 0.25) is 0 Å². The lowest BCUT2D eigenvalue weighted by Gasteiger charge is -2.20. The highest BCUT2D eigenvalue weighted by Crippen LogP contribution is 2.28. The van der Waals surface area contributed by atoms with Gasteiger partial charge in [-0.1, -0.05) is 26.0 Å². The Morgan fingerprint density at radius 1 is 0.967 bits per heavy atom. The Balaban J connectivity index is 2.21. The number of nitrogens with zero attached hydrogens (tertiary/aromatic N) is 1. The van der Waals surface area contributed by atoms with Gasteiger partial charge in [-0.2, -0.15) is 4.31 Å². The molecule has 1 amide bonds. The summed E-state index contributed by atoms with van der Waals surface area (Å²) in [5.74, 6) is -0.687. The zero-order chi connectivity index (χ0) is 22.3. The van der Waals surface area contributed by atoms with Crippen LogP contribution in [0.5, 0.6) is 5.75 Å². The molecule has 0 aliphatic rings. The molecule has 0 atom stereocenters. The van der Waals surface area contributed by atoms with Gasteiger partial charge in [0, 0.05) is 25.2 Å². The van der Waals surface area contributed by atoms with Gasteiger partial charge in [0.2, 0.25) is 10.0 Å². The van der Waals surface area contributed by atoms with E-state index in [-0.39, 0.29) is 22.8 Å². The number of hydrogen-bond donors (Lipinski definition) is 1. The number of rotatable bonds is 9. The van der Waals surface area contributed by atoms with Crippen molar-refractivity contribution >= 4 is 21.9 Å². The maximum Gasteiger partial charge on any atom is 0.337 e. The van der Waals surface area contributed by atoms with Crippen molar-refractivity contribution in [3.05, 3.63) is 59.2 Å². The van der Waals surface area contributed by atoms with E-state index in [0.717, 1.165) is 5.56 Å². The lowest BCUT2D eigenvalue weighted by molar-refractivity contribution is 0.0600. The van der Waals surface area contributed by atoms with Crippen molar-refractivity contribution in [2.24, 2.45) is 0 Å². The summed E-state index contributed by atoms with van der Waals surface area (Å²) >= 11 is 0. The number of ether oxygens (including phenoxy) is 2. The number of carbonyl (C=O) groups excluding carboxylic acids is 2. The number of amides is 1. The molecule has 2 aromatic carbocycles. The standard InChI is InChI=1S/C21H26N2O6S/c1-5-23(6-2)30(26,27)19-13-17(11-12-18(19)28-3)20(24)22-14-15-7-9-16(10-8-15)21(25)29-4/h7-13H,5-6,14H2,1-4H3,(H,22,24). The van der Waals surface area contributed by atoms with Crippen molar-refractivity contribution in [2.45, 2.75) is 25.3 Å². The highest BCUT2D eigenvalue weighted by atomic mass is 32.2. The molecule has 30 heavy (non-hydrogen) atoms. The molecule has 0 heterocycles. The van der Waals surface area contributed by atoms with Crippen molar-refractivity contribution in [3.63, 3.8) is 0 Å². The number of benzene rings is 2. The van der Waals surface area contributed by atoms with E-state index in [0.29, 0.717) is 18.7 Å². The molecule has 1 N–H and O–H groups in total. The summed E-state index contributed by atoms with van der Waals surface area (Å²) in [6.07, 6.45) is 0. The largest absolute Gasteiger partial charge is 0.495 e. The van der Waals surface area contributed by atoms with Crippen LogP contribution in [-0.4, -0.2) is 51.9 Å². The quantitative estimate of drug-likeness (QED) is 0.608. The number of hydrogen-bond acceptors (Lipinski definition) is 6. The van der Waals surface area contributed by atoms with Gasteiger partial charge in [0.1, 0.15) is 10.6 Å². The predicted octanol–water partition coefficient (Wildman–Crippen LogP) is 2.44. The van der Waals surface area contributed by atoms with Gasteiger partial charge in [0.05, 0.1) is 19.8 Å². The van der Waals surface area contributed by atoms with Crippen LogP contribution >= 0.6 is 0 Å². The summed E-state index contributed by atoms with van der Waals surface area (Å²) in [6, 6.07) is 10.9. The fraction of sp³-hybridized carbons (Fsp3) is 0.333. The van der Waals surface area contributed by atoms with E-state index < -0.39 is 21.9 Å². The van der Waals surface area contributed by atoms with Gasteiger partial charge in [-0.25, -0.2) is 13.2 Å². The molecule has 2 rings (SSSR count). The molecule has 162 valence electrons. The van der Waals surface area contributed by atoms with E-state index in [1.165, 1.54) is 36.7 Å². The maximum atomic E-state index is 12.9. The number of methoxy groups -OCH3 is 2. The average molecular weight is 435 g/mol. The first-order chi connectivity index (χ1) is 14.3. The Kier molecular flexibility index (Phi) is 7.96. The molecule has 0 saturated heterocycles. The van der Waals surface area contributed by atoms with Gasteiger partial charge in [0.15, 0.2) is 0 Å². The Morgan fingerprint density at radius 2 is 1.57 bits per heavy atom. The van der Waals surface area contributed by atoms with Crippen molar-refractivity contribution in [1.82, 2.24) is 9.62 Å². The molecule has 9 heteroatoms. The van der Waals surface area contributed by atoms with E-state index in [1.54, 1.807) is 38.1 Å². The third-order valence-corrected chi connectivity index (χ3v) is 6.65. The SMILES string of the molecule is CCN(CC)S(=O)(=O)c1cc(C(=O)NCc2ccc(C(=O)OC)cc2)ccc1OC. The monoisotopic (exact) mass is 434 g/mol. The molecule has 0 fully saturated rings. The van der Waals surface area contributed by atoms with E-state index in [9.17, 15) is 18.0 Å². The maximum absolute atomic E-state index is 12.9. The molecule has 8 nitrogen and oxygen atoms in total. The second-order valence-electron chi connectivity index (χ2n) is 6.33. The van der Waals surface area contributed by atoms with Gasteiger partial charge >= 0.3 is 5.97 Å². The molecule has 2 aromatic rings. The minimum absolute atomic E-state index is 0.0521. The van der Waals surface area contributed by atoms with Gasteiger partial charge < -0.3 is 14.8 Å². The number of nitrogens with one attached hydrogen (secondary N) is 1. The molecule has 0 aliphatic carbocycles. The average Bonchev–Trinajstić information content (AvgIpc) is 2.77. The first-order valence-corrected chi connectivity index (χ1v) is 10.9. The first-order valence-electron chi connectivity index (χ1n) is 9.42. The van der Waals surface area contributed by atoms with E-state index in [2.05, 4.69) is 10.1 Å². The zero-order valence-corrected chi connectivity index (χ0v) is 18.3. The molecule has 0 unspecified atom stereocenters. The second-order valence-corrected chi connectivity index (χ2v) is 8.23. The fourth-order valence-electron chi connectivity index (χ4n) is 2.88. The first kappa shape index (κ1) is 23.4. The van der Waals surface area contributed by atoms with E-state index in [4.69, 9.17) is 4.74 Å². The summed E-state index contributed by atoms with van der Waals surface area (Å²) < 4.78 is 37.0. The van der Waals surface area contributed by atoms with Crippen molar-refractivity contribution in [3.8, 4) is 5.75 Å². The van der Waals surface area contributed by atoms with Crippen molar-refractivity contribution in [1.29, 1.82) is 0 Å². The molecule has 0 bridgehead atoms. The minimum atomic E-state index is -3.80. The topological polar surface area (TPSA) is 102 Å². The van der Waals surface area contributed by atoms with Crippen LogP contribution in [0.25, 0.3) is 0 Å². The Morgan fingerprint density at radius 3 is 2.10 bits per heavy atom. The Bertz CT molecular complexity index is 999. The molecule has 0 radical (unpaired) electrons. The number of esters is 1. The molecule has 0 saturated carbocycles. The second kappa shape index (κ2) is 10.2. The van der Waals surface area contributed by atoms with E-state index >= 15 is 0 Å². The number of carbonyl (C=O) groups is 2. The van der Waals surface area contributed by atoms with E-state index in [1.807, 2.05) is 0 Å². The van der Waals surface area contributed by atoms with Crippen LogP contribution in [0.1, 0.15) is 40.1 Å². The molecule has 0 aromatic heterocycles. The fourth-order valence-corrected chi connectivity index (χ4v) is 4.52. The minimum Gasteiger partial charge on any atom is -0.495 e. The lowest BCUT2D eigenvalue weighted by Crippen LogP contribution is -2.31. The number of sulfonamides is 1. The lowest BCUT2D eigenvalue weighted by atomic mass is 10.1.